The molecule has 4 nitrogen and oxygen atoms in total. The predicted molar refractivity (Wildman–Crippen MR) is 110 cm³/mol. The summed E-state index contributed by atoms with van der Waals surface area (Å²) in [5.41, 5.74) is 2.64. The second-order valence-electron chi connectivity index (χ2n) is 6.72. The van der Waals surface area contributed by atoms with Crippen molar-refractivity contribution in [3.05, 3.63) is 102 Å². The van der Waals surface area contributed by atoms with Gasteiger partial charge in [0, 0.05) is 12.5 Å². The van der Waals surface area contributed by atoms with E-state index in [9.17, 15) is 13.5 Å². The van der Waals surface area contributed by atoms with Crippen LogP contribution in [0.2, 0.25) is 0 Å². The molecular formula is C23H24O4S. The first-order valence-electron chi connectivity index (χ1n) is 9.22. The minimum Gasteiger partial charge on any atom is -0.396 e. The molecule has 2 unspecified atom stereocenters. The van der Waals surface area contributed by atoms with Crippen LogP contribution in [0.15, 0.2) is 89.8 Å². The van der Waals surface area contributed by atoms with Crippen molar-refractivity contribution in [1.29, 1.82) is 0 Å². The molecular weight excluding hydrogens is 372 g/mol. The smallest absolute Gasteiger partial charge is 0.297 e. The van der Waals surface area contributed by atoms with Crippen molar-refractivity contribution < 1.29 is 17.7 Å². The lowest BCUT2D eigenvalue weighted by Gasteiger charge is -2.27. The Labute approximate surface area is 166 Å². The highest BCUT2D eigenvalue weighted by Gasteiger charge is 2.31. The third-order valence-electron chi connectivity index (χ3n) is 4.70. The van der Waals surface area contributed by atoms with Crippen molar-refractivity contribution in [1.82, 2.24) is 0 Å². The van der Waals surface area contributed by atoms with Gasteiger partial charge in [-0.3, -0.25) is 4.18 Å². The number of aliphatic hydroxyl groups excluding tert-OH is 1. The summed E-state index contributed by atoms with van der Waals surface area (Å²) < 4.78 is 31.7. The van der Waals surface area contributed by atoms with Crippen LogP contribution in [0.3, 0.4) is 0 Å². The Balaban J connectivity index is 2.03. The Kier molecular flexibility index (Phi) is 6.62. The molecule has 0 fully saturated rings. The Hall–Kier alpha value is -2.47. The zero-order valence-electron chi connectivity index (χ0n) is 15.7. The van der Waals surface area contributed by atoms with Crippen LogP contribution < -0.4 is 0 Å². The average Bonchev–Trinajstić information content (AvgIpc) is 2.72. The van der Waals surface area contributed by atoms with E-state index in [0.29, 0.717) is 6.42 Å². The number of benzene rings is 3. The maximum Gasteiger partial charge on any atom is 0.297 e. The molecule has 3 aromatic rings. The highest BCUT2D eigenvalue weighted by Crippen LogP contribution is 2.38. The van der Waals surface area contributed by atoms with Gasteiger partial charge in [-0.15, -0.1) is 0 Å². The summed E-state index contributed by atoms with van der Waals surface area (Å²) in [4.78, 5) is 0.120. The molecule has 146 valence electrons. The van der Waals surface area contributed by atoms with Gasteiger partial charge in [0.1, 0.15) is 6.10 Å². The average molecular weight is 397 g/mol. The van der Waals surface area contributed by atoms with Crippen molar-refractivity contribution >= 4 is 10.1 Å². The first-order chi connectivity index (χ1) is 13.5. The van der Waals surface area contributed by atoms with Gasteiger partial charge < -0.3 is 5.11 Å². The monoisotopic (exact) mass is 396 g/mol. The number of aryl methyl sites for hydroxylation is 1. The molecule has 0 heterocycles. The molecule has 0 aliphatic rings. The van der Waals surface area contributed by atoms with E-state index in [2.05, 4.69) is 0 Å². The Bertz CT molecular complexity index is 968. The fourth-order valence-electron chi connectivity index (χ4n) is 3.23. The van der Waals surface area contributed by atoms with E-state index in [4.69, 9.17) is 4.18 Å². The number of hydrogen-bond acceptors (Lipinski definition) is 4. The first-order valence-corrected chi connectivity index (χ1v) is 10.6. The summed E-state index contributed by atoms with van der Waals surface area (Å²) in [6, 6.07) is 25.4. The number of hydrogen-bond donors (Lipinski definition) is 1. The topological polar surface area (TPSA) is 63.6 Å². The second-order valence-corrected chi connectivity index (χ2v) is 8.30. The summed E-state index contributed by atoms with van der Waals surface area (Å²) >= 11 is 0. The van der Waals surface area contributed by atoms with Crippen molar-refractivity contribution in [2.45, 2.75) is 30.3 Å². The highest BCUT2D eigenvalue weighted by atomic mass is 32.2. The summed E-state index contributed by atoms with van der Waals surface area (Å²) in [7, 11) is -3.98. The van der Waals surface area contributed by atoms with Crippen LogP contribution in [0.5, 0.6) is 0 Å². The van der Waals surface area contributed by atoms with E-state index < -0.39 is 16.2 Å². The van der Waals surface area contributed by atoms with Crippen molar-refractivity contribution in [2.24, 2.45) is 0 Å². The molecule has 0 amide bonds. The molecule has 3 rings (SSSR count). The second kappa shape index (κ2) is 9.15. The lowest BCUT2D eigenvalue weighted by molar-refractivity contribution is 0.156. The van der Waals surface area contributed by atoms with Gasteiger partial charge in [-0.25, -0.2) is 0 Å². The van der Waals surface area contributed by atoms with Gasteiger partial charge in [-0.05, 0) is 36.6 Å². The van der Waals surface area contributed by atoms with Gasteiger partial charge in [0.25, 0.3) is 10.1 Å². The van der Waals surface area contributed by atoms with E-state index in [-0.39, 0.29) is 17.4 Å². The van der Waals surface area contributed by atoms with E-state index >= 15 is 0 Å². The minimum atomic E-state index is -3.98. The van der Waals surface area contributed by atoms with Gasteiger partial charge in [0.2, 0.25) is 0 Å². The standard InChI is InChI=1S/C23H24O4S/c1-18-12-14-21(15-13-18)28(25,26)27-23(20-10-6-3-7-11-20)22(16-17-24)19-8-4-2-5-9-19/h2-15,22-24H,16-17H2,1H3. The maximum atomic E-state index is 13.0. The third-order valence-corrected chi connectivity index (χ3v) is 6.01. The maximum absolute atomic E-state index is 13.0. The van der Waals surface area contributed by atoms with Crippen molar-refractivity contribution in [3.63, 3.8) is 0 Å². The summed E-state index contributed by atoms with van der Waals surface area (Å²) in [6.07, 6.45) is -0.366. The molecule has 3 aromatic carbocycles. The van der Waals surface area contributed by atoms with Crippen LogP contribution in [0.1, 0.15) is 35.1 Å². The zero-order valence-corrected chi connectivity index (χ0v) is 16.5. The molecule has 28 heavy (non-hydrogen) atoms. The van der Waals surface area contributed by atoms with E-state index in [1.54, 1.807) is 24.3 Å². The molecule has 0 spiro atoms. The van der Waals surface area contributed by atoms with Crippen LogP contribution in [0.25, 0.3) is 0 Å². The number of aliphatic hydroxyl groups is 1. The summed E-state index contributed by atoms with van der Waals surface area (Å²) in [6.45, 7) is 1.83. The van der Waals surface area contributed by atoms with Gasteiger partial charge in [0.15, 0.2) is 0 Å². The van der Waals surface area contributed by atoms with E-state index in [1.165, 1.54) is 0 Å². The van der Waals surface area contributed by atoms with Crippen LogP contribution in [-0.2, 0) is 14.3 Å². The number of rotatable bonds is 8. The van der Waals surface area contributed by atoms with E-state index in [0.717, 1.165) is 16.7 Å². The Morgan fingerprint density at radius 2 is 1.36 bits per heavy atom. The molecule has 2 atom stereocenters. The van der Waals surface area contributed by atoms with Gasteiger partial charge in [-0.2, -0.15) is 8.42 Å². The molecule has 1 N–H and O–H groups in total. The SMILES string of the molecule is Cc1ccc(S(=O)(=O)OC(c2ccccc2)C(CCO)c2ccccc2)cc1. The molecule has 0 radical (unpaired) electrons. The summed E-state index contributed by atoms with van der Waals surface area (Å²) in [5.74, 6) is -0.311. The lowest BCUT2D eigenvalue weighted by atomic mass is 9.87. The minimum absolute atomic E-state index is 0.0726. The van der Waals surface area contributed by atoms with Crippen LogP contribution in [0.4, 0.5) is 0 Å². The van der Waals surface area contributed by atoms with Crippen molar-refractivity contribution in [2.75, 3.05) is 6.61 Å². The highest BCUT2D eigenvalue weighted by molar-refractivity contribution is 7.86. The largest absolute Gasteiger partial charge is 0.396 e. The molecule has 0 aromatic heterocycles. The van der Waals surface area contributed by atoms with Gasteiger partial charge in [-0.1, -0.05) is 78.4 Å². The quantitative estimate of drug-likeness (QED) is 0.565. The van der Waals surface area contributed by atoms with Crippen LogP contribution in [-0.4, -0.2) is 20.1 Å². The Morgan fingerprint density at radius 3 is 1.89 bits per heavy atom. The van der Waals surface area contributed by atoms with Crippen LogP contribution >= 0.6 is 0 Å². The molecule has 0 saturated heterocycles. The van der Waals surface area contributed by atoms with Gasteiger partial charge in [0.05, 0.1) is 4.90 Å². The van der Waals surface area contributed by atoms with Gasteiger partial charge >= 0.3 is 0 Å². The zero-order chi connectivity index (χ0) is 20.0. The molecule has 0 bridgehead atoms. The fraction of sp³-hybridized carbons (Fsp3) is 0.217. The normalized spacial score (nSPS) is 13.8. The van der Waals surface area contributed by atoms with Crippen LogP contribution in [0, 0.1) is 6.92 Å². The first kappa shape index (κ1) is 20.3. The lowest BCUT2D eigenvalue weighted by Crippen LogP contribution is -2.20. The predicted octanol–water partition coefficient (Wildman–Crippen LogP) is 4.61. The molecule has 0 aliphatic carbocycles. The molecule has 5 heteroatoms. The summed E-state index contributed by atoms with van der Waals surface area (Å²) in [5, 5.41) is 9.63. The third kappa shape index (κ3) is 4.87. The molecule has 0 saturated carbocycles. The molecule has 0 aliphatic heterocycles. The fourth-order valence-corrected chi connectivity index (χ4v) is 4.33. The van der Waals surface area contributed by atoms with Crippen molar-refractivity contribution in [3.8, 4) is 0 Å². The Morgan fingerprint density at radius 1 is 0.821 bits per heavy atom. The van der Waals surface area contributed by atoms with E-state index in [1.807, 2.05) is 67.6 Å².